The number of aryl methyl sites for hydroxylation is 1. The highest BCUT2D eigenvalue weighted by Gasteiger charge is 2.36. The number of amides is 3. The lowest BCUT2D eigenvalue weighted by atomic mass is 9.93. The molecule has 2 aromatic heterocycles. The summed E-state index contributed by atoms with van der Waals surface area (Å²) in [5.74, 6) is -3.00. The molecule has 1 atom stereocenters. The van der Waals surface area contributed by atoms with E-state index in [0.29, 0.717) is 55.1 Å². The number of nitrogens with one attached hydrogen (secondary N) is 2. The third kappa shape index (κ3) is 6.29. The fourth-order valence-electron chi connectivity index (χ4n) is 5.93. The summed E-state index contributed by atoms with van der Waals surface area (Å²) in [4.78, 5) is 46.5. The fraction of sp³-hybridized carbons (Fsp3) is 0.355. The van der Waals surface area contributed by atoms with Crippen LogP contribution >= 0.6 is 11.6 Å². The van der Waals surface area contributed by atoms with Crippen molar-refractivity contribution in [3.05, 3.63) is 58.9 Å². The number of likely N-dealkylation sites (N-methyl/N-ethyl adjacent to an activating group) is 1. The highest BCUT2D eigenvalue weighted by Crippen LogP contribution is 2.34. The molecule has 240 valence electrons. The number of carbonyl (C=O) groups is 3. The Hall–Kier alpha value is -4.85. The van der Waals surface area contributed by atoms with Gasteiger partial charge in [0.15, 0.2) is 5.82 Å². The molecule has 0 aliphatic carbocycles. The first-order valence-corrected chi connectivity index (χ1v) is 15.1. The van der Waals surface area contributed by atoms with Crippen molar-refractivity contribution in [2.45, 2.75) is 43.9 Å². The van der Waals surface area contributed by atoms with E-state index in [2.05, 4.69) is 25.7 Å². The topological polar surface area (TPSA) is 151 Å². The van der Waals surface area contributed by atoms with Gasteiger partial charge in [0.2, 0.25) is 23.7 Å². The van der Waals surface area contributed by atoms with Crippen molar-refractivity contribution in [2.75, 3.05) is 41.0 Å². The number of aromatic nitrogens is 4. The van der Waals surface area contributed by atoms with Gasteiger partial charge < -0.3 is 20.9 Å². The highest BCUT2D eigenvalue weighted by atomic mass is 35.5. The first-order chi connectivity index (χ1) is 21.9. The Morgan fingerprint density at radius 1 is 1.13 bits per heavy atom. The number of piperidine rings is 2. The molecule has 46 heavy (non-hydrogen) atoms. The van der Waals surface area contributed by atoms with Crippen LogP contribution in [0.3, 0.4) is 0 Å². The van der Waals surface area contributed by atoms with Gasteiger partial charge in [0, 0.05) is 55.9 Å². The number of hydrogen-bond donors (Lipinski definition) is 3. The molecule has 2 saturated heterocycles. The van der Waals surface area contributed by atoms with Gasteiger partial charge in [-0.05, 0) is 54.8 Å². The monoisotopic (exact) mass is 651 g/mol. The largest absolute Gasteiger partial charge is 0.399 e. The second-order valence-corrected chi connectivity index (χ2v) is 12.0. The molecule has 2 fully saturated rings. The number of nitrogen functional groups attached to an aromatic ring is 1. The van der Waals surface area contributed by atoms with Crippen molar-refractivity contribution >= 4 is 69.1 Å². The van der Waals surface area contributed by atoms with Crippen LogP contribution in [0.5, 0.6) is 0 Å². The van der Waals surface area contributed by atoms with Crippen molar-refractivity contribution in [3.8, 4) is 0 Å². The molecule has 4 N–H and O–H groups in total. The van der Waals surface area contributed by atoms with Crippen LogP contribution in [0.1, 0.15) is 42.9 Å². The minimum Gasteiger partial charge on any atom is -0.399 e. The van der Waals surface area contributed by atoms with E-state index >= 15 is 0 Å². The van der Waals surface area contributed by atoms with Crippen LogP contribution in [0, 0.1) is 0 Å². The lowest BCUT2D eigenvalue weighted by Gasteiger charge is -2.32. The number of fused-ring (bicyclic) bond motifs is 2. The number of anilines is 5. The summed E-state index contributed by atoms with van der Waals surface area (Å²) < 4.78 is 29.1. The maximum atomic E-state index is 13.7. The van der Waals surface area contributed by atoms with Gasteiger partial charge in [0.05, 0.1) is 36.3 Å². The van der Waals surface area contributed by atoms with Gasteiger partial charge in [-0.25, -0.2) is 13.8 Å². The van der Waals surface area contributed by atoms with E-state index in [1.54, 1.807) is 22.7 Å². The lowest BCUT2D eigenvalue weighted by Crippen LogP contribution is -2.43. The molecule has 0 radical (unpaired) electrons. The van der Waals surface area contributed by atoms with Crippen molar-refractivity contribution in [3.63, 3.8) is 0 Å². The minimum absolute atomic E-state index is 0.0375. The standard InChI is InChI=1S/C18H18ClF2N5O.C13H14N4O2/c1-25-14-4-3-12(7-11(14)8-15(25)27)23-16-13(19)9-22-17(24-16)26-6-2-5-18(20,21)10-26;1-17-10-6-7(14)2-3-8(10)12(16-17)9-4-5-11(18)15-13(9)19/h3-4,7,9H,2,5-6,8,10H2,1H3,(H,22,23,24);2-3,6,9H,4-5,14H2,1H3,(H,15,18,19). The molecule has 3 aliphatic heterocycles. The van der Waals surface area contributed by atoms with Crippen LogP contribution in [-0.2, 0) is 27.9 Å². The second-order valence-electron chi connectivity index (χ2n) is 11.6. The Balaban J connectivity index is 0.000000172. The first kappa shape index (κ1) is 31.1. The number of carbonyl (C=O) groups excluding carboxylic acids is 3. The van der Waals surface area contributed by atoms with Crippen molar-refractivity contribution in [1.82, 2.24) is 25.1 Å². The lowest BCUT2D eigenvalue weighted by molar-refractivity contribution is -0.134. The summed E-state index contributed by atoms with van der Waals surface area (Å²) in [5, 5.41) is 11.1. The minimum atomic E-state index is -2.74. The second kappa shape index (κ2) is 12.2. The number of nitrogens with two attached hydrogens (primary N) is 1. The molecular formula is C31H32ClF2N9O3. The summed E-state index contributed by atoms with van der Waals surface area (Å²) in [5.41, 5.74) is 10.5. The average molecular weight is 652 g/mol. The fourth-order valence-corrected chi connectivity index (χ4v) is 6.07. The molecule has 3 amide bonds. The van der Waals surface area contributed by atoms with E-state index in [0.717, 1.165) is 22.2 Å². The number of hydrogen-bond acceptors (Lipinski definition) is 9. The van der Waals surface area contributed by atoms with Crippen LogP contribution in [0.2, 0.25) is 5.02 Å². The Bertz CT molecular complexity index is 1860. The summed E-state index contributed by atoms with van der Waals surface area (Å²) in [7, 11) is 3.56. The zero-order chi connectivity index (χ0) is 32.7. The van der Waals surface area contributed by atoms with Crippen LogP contribution in [0.15, 0.2) is 42.6 Å². The summed E-state index contributed by atoms with van der Waals surface area (Å²) in [6, 6.07) is 11.0. The number of nitrogens with zero attached hydrogens (tertiary/aromatic N) is 6. The molecule has 5 heterocycles. The van der Waals surface area contributed by atoms with Gasteiger partial charge in [0.1, 0.15) is 5.02 Å². The third-order valence-electron chi connectivity index (χ3n) is 8.30. The van der Waals surface area contributed by atoms with Gasteiger partial charge >= 0.3 is 0 Å². The van der Waals surface area contributed by atoms with E-state index in [1.807, 2.05) is 37.4 Å². The normalized spacial score (nSPS) is 19.1. The summed E-state index contributed by atoms with van der Waals surface area (Å²) in [6.07, 6.45) is 2.86. The van der Waals surface area contributed by atoms with E-state index in [-0.39, 0.29) is 41.0 Å². The average Bonchev–Trinajstić information content (AvgIpc) is 3.47. The SMILES string of the molecule is CN1C(=O)Cc2cc(Nc3nc(N4CCCC(F)(F)C4)ncc3Cl)ccc21.Cn1nc(C2CCC(=O)NC2=O)c2ccc(N)cc21. The van der Waals surface area contributed by atoms with Gasteiger partial charge in [-0.2, -0.15) is 10.1 Å². The molecule has 12 nitrogen and oxygen atoms in total. The van der Waals surface area contributed by atoms with Gasteiger partial charge in [-0.1, -0.05) is 11.6 Å². The number of halogens is 3. The Kier molecular flexibility index (Phi) is 8.23. The summed E-state index contributed by atoms with van der Waals surface area (Å²) in [6.45, 7) is 0.0747. The van der Waals surface area contributed by atoms with Crippen molar-refractivity contribution in [2.24, 2.45) is 7.05 Å². The molecule has 15 heteroatoms. The first-order valence-electron chi connectivity index (χ1n) is 14.8. The predicted molar refractivity (Wildman–Crippen MR) is 171 cm³/mol. The number of benzene rings is 2. The maximum absolute atomic E-state index is 13.7. The maximum Gasteiger partial charge on any atom is 0.265 e. The van der Waals surface area contributed by atoms with Crippen molar-refractivity contribution < 1.29 is 23.2 Å². The Labute approximate surface area is 267 Å². The molecule has 2 aromatic carbocycles. The zero-order valence-corrected chi connectivity index (χ0v) is 25.9. The molecule has 0 bridgehead atoms. The van der Waals surface area contributed by atoms with Gasteiger partial charge in [0.25, 0.3) is 5.92 Å². The number of alkyl halides is 2. The predicted octanol–water partition coefficient (Wildman–Crippen LogP) is 4.30. The van der Waals surface area contributed by atoms with Crippen LogP contribution in [-0.4, -0.2) is 63.5 Å². The summed E-state index contributed by atoms with van der Waals surface area (Å²) >= 11 is 6.19. The third-order valence-corrected chi connectivity index (χ3v) is 8.58. The van der Waals surface area contributed by atoms with E-state index in [1.165, 1.54) is 11.1 Å². The van der Waals surface area contributed by atoms with Crippen LogP contribution in [0.25, 0.3) is 10.9 Å². The molecule has 0 spiro atoms. The van der Waals surface area contributed by atoms with E-state index < -0.39 is 12.5 Å². The Morgan fingerprint density at radius 2 is 1.93 bits per heavy atom. The van der Waals surface area contributed by atoms with Gasteiger partial charge in [-0.15, -0.1) is 0 Å². The highest BCUT2D eigenvalue weighted by molar-refractivity contribution is 6.32. The Morgan fingerprint density at radius 3 is 2.70 bits per heavy atom. The molecule has 4 aromatic rings. The van der Waals surface area contributed by atoms with Crippen LogP contribution in [0.4, 0.5) is 37.6 Å². The van der Waals surface area contributed by atoms with Crippen molar-refractivity contribution in [1.29, 1.82) is 0 Å². The van der Waals surface area contributed by atoms with E-state index in [4.69, 9.17) is 17.3 Å². The molecule has 1 unspecified atom stereocenters. The smallest absolute Gasteiger partial charge is 0.265 e. The van der Waals surface area contributed by atoms with Crippen LogP contribution < -0.4 is 26.2 Å². The molecule has 3 aliphatic rings. The van der Waals surface area contributed by atoms with Gasteiger partial charge in [-0.3, -0.25) is 24.4 Å². The molecule has 0 saturated carbocycles. The molecule has 7 rings (SSSR count). The zero-order valence-electron chi connectivity index (χ0n) is 25.2. The number of imide groups is 1. The van der Waals surface area contributed by atoms with E-state index in [9.17, 15) is 23.2 Å². The number of rotatable bonds is 4. The molecular weight excluding hydrogens is 620 g/mol. The quantitative estimate of drug-likeness (QED) is 0.217.